The van der Waals surface area contributed by atoms with E-state index in [-0.39, 0.29) is 30.8 Å². The molecule has 1 aromatic rings. The van der Waals surface area contributed by atoms with E-state index in [1.807, 2.05) is 18.2 Å². The molecule has 0 spiro atoms. The lowest BCUT2D eigenvalue weighted by atomic mass is 9.72. The first-order valence-corrected chi connectivity index (χ1v) is 10.7. The molecule has 1 aliphatic rings. The van der Waals surface area contributed by atoms with Gasteiger partial charge in [0.2, 0.25) is 5.91 Å². The quantitative estimate of drug-likeness (QED) is 0.511. The summed E-state index contributed by atoms with van der Waals surface area (Å²) in [6, 6.07) is 5.52. The first kappa shape index (κ1) is 21.4. The summed E-state index contributed by atoms with van der Waals surface area (Å²) in [4.78, 5) is 24.1. The second-order valence-corrected chi connectivity index (χ2v) is 9.87. The molecule has 1 aromatic carbocycles. The van der Waals surface area contributed by atoms with Gasteiger partial charge in [0, 0.05) is 21.1 Å². The van der Waals surface area contributed by atoms with E-state index in [1.54, 1.807) is 0 Å². The molecule has 0 saturated heterocycles. The van der Waals surface area contributed by atoms with Crippen LogP contribution >= 0.6 is 31.9 Å². The lowest BCUT2D eigenvalue weighted by molar-refractivity contribution is -0.152. The highest BCUT2D eigenvalue weighted by atomic mass is 79.9. The molecule has 1 amide bonds. The maximum atomic E-state index is 12.0. The highest BCUT2D eigenvalue weighted by Crippen LogP contribution is 2.38. The Morgan fingerprint density at radius 2 is 1.62 bits per heavy atom. The SMILES string of the molecule is CC(C)(C)C1CCC(OC(=O)CCC(=O)Nc2cc(Br)cc(Br)c2)CC1. The number of carbonyl (C=O) groups is 2. The summed E-state index contributed by atoms with van der Waals surface area (Å²) in [7, 11) is 0. The molecule has 0 aliphatic heterocycles. The third-order valence-electron chi connectivity index (χ3n) is 4.90. The average molecular weight is 489 g/mol. The van der Waals surface area contributed by atoms with Crippen molar-refractivity contribution in [3.63, 3.8) is 0 Å². The maximum absolute atomic E-state index is 12.0. The van der Waals surface area contributed by atoms with Gasteiger partial charge in [0.25, 0.3) is 0 Å². The molecule has 2 rings (SSSR count). The summed E-state index contributed by atoms with van der Waals surface area (Å²) in [6.45, 7) is 6.81. The van der Waals surface area contributed by atoms with Crippen LogP contribution in [-0.2, 0) is 14.3 Å². The van der Waals surface area contributed by atoms with E-state index in [9.17, 15) is 9.59 Å². The zero-order valence-corrected chi connectivity index (χ0v) is 18.8. The summed E-state index contributed by atoms with van der Waals surface area (Å²) in [6.07, 6.45) is 4.28. The van der Waals surface area contributed by atoms with Crippen molar-refractivity contribution in [2.75, 3.05) is 5.32 Å². The number of amides is 1. The summed E-state index contributed by atoms with van der Waals surface area (Å²) in [5, 5.41) is 2.80. The van der Waals surface area contributed by atoms with Crippen molar-refractivity contribution in [3.8, 4) is 0 Å². The van der Waals surface area contributed by atoms with Crippen LogP contribution in [0.3, 0.4) is 0 Å². The minimum absolute atomic E-state index is 0.00481. The molecule has 1 fully saturated rings. The zero-order chi connectivity index (χ0) is 19.3. The fourth-order valence-corrected chi connectivity index (χ4v) is 4.65. The lowest BCUT2D eigenvalue weighted by Crippen LogP contribution is -2.30. The van der Waals surface area contributed by atoms with Gasteiger partial charge < -0.3 is 10.1 Å². The minimum Gasteiger partial charge on any atom is -0.462 e. The first-order valence-electron chi connectivity index (χ1n) is 9.09. The lowest BCUT2D eigenvalue weighted by Gasteiger charge is -2.36. The second-order valence-electron chi connectivity index (χ2n) is 8.04. The van der Waals surface area contributed by atoms with Crippen molar-refractivity contribution in [2.45, 2.75) is 65.4 Å². The molecule has 26 heavy (non-hydrogen) atoms. The smallest absolute Gasteiger partial charge is 0.306 e. The molecule has 0 bridgehead atoms. The summed E-state index contributed by atoms with van der Waals surface area (Å²) >= 11 is 6.76. The molecule has 0 atom stereocenters. The van der Waals surface area contributed by atoms with Gasteiger partial charge in [-0.15, -0.1) is 0 Å². The second kappa shape index (κ2) is 9.36. The fraction of sp³-hybridized carbons (Fsp3) is 0.600. The molecule has 6 heteroatoms. The maximum Gasteiger partial charge on any atom is 0.306 e. The molecular weight excluding hydrogens is 462 g/mol. The Hall–Kier alpha value is -0.880. The number of esters is 1. The van der Waals surface area contributed by atoms with Crippen LogP contribution in [0.4, 0.5) is 5.69 Å². The Morgan fingerprint density at radius 1 is 1.04 bits per heavy atom. The van der Waals surface area contributed by atoms with Gasteiger partial charge >= 0.3 is 5.97 Å². The summed E-state index contributed by atoms with van der Waals surface area (Å²) in [5.41, 5.74) is 0.999. The Bertz CT molecular complexity index is 627. The molecule has 0 radical (unpaired) electrons. The van der Waals surface area contributed by atoms with Gasteiger partial charge in [-0.25, -0.2) is 0 Å². The fourth-order valence-electron chi connectivity index (χ4n) is 3.36. The van der Waals surface area contributed by atoms with E-state index in [4.69, 9.17) is 4.74 Å². The Balaban J connectivity index is 1.71. The molecule has 0 aromatic heterocycles. The number of hydrogen-bond donors (Lipinski definition) is 1. The Kier molecular flexibility index (Phi) is 7.71. The number of hydrogen-bond acceptors (Lipinski definition) is 3. The van der Waals surface area contributed by atoms with E-state index in [2.05, 4.69) is 57.9 Å². The molecule has 144 valence electrons. The predicted molar refractivity (Wildman–Crippen MR) is 111 cm³/mol. The normalized spacial score (nSPS) is 20.5. The first-order chi connectivity index (χ1) is 12.1. The standard InChI is InChI=1S/C20H27Br2NO3/c1-20(2,3)13-4-6-17(7-5-13)26-19(25)9-8-18(24)23-16-11-14(21)10-15(22)12-16/h10-13,17H,4-9H2,1-3H3,(H,23,24). The number of halogens is 2. The van der Waals surface area contributed by atoms with E-state index >= 15 is 0 Å². The van der Waals surface area contributed by atoms with Crippen LogP contribution in [0.25, 0.3) is 0 Å². The van der Waals surface area contributed by atoms with Gasteiger partial charge in [-0.05, 0) is 55.2 Å². The number of benzene rings is 1. The minimum atomic E-state index is -0.283. The average Bonchev–Trinajstić information content (AvgIpc) is 2.51. The number of carbonyl (C=O) groups excluding carboxylic acids is 2. The molecule has 0 unspecified atom stereocenters. The van der Waals surface area contributed by atoms with Crippen LogP contribution in [-0.4, -0.2) is 18.0 Å². The number of nitrogens with one attached hydrogen (secondary N) is 1. The third kappa shape index (κ3) is 7.03. The summed E-state index contributed by atoms with van der Waals surface area (Å²) < 4.78 is 7.29. The van der Waals surface area contributed by atoms with E-state index in [1.165, 1.54) is 0 Å². The summed E-state index contributed by atoms with van der Waals surface area (Å²) in [5.74, 6) is 0.214. The van der Waals surface area contributed by atoms with Crippen LogP contribution in [0.5, 0.6) is 0 Å². The van der Waals surface area contributed by atoms with Crippen molar-refractivity contribution in [1.82, 2.24) is 0 Å². The number of ether oxygens (including phenoxy) is 1. The number of anilines is 1. The molecule has 4 nitrogen and oxygen atoms in total. The monoisotopic (exact) mass is 487 g/mol. The van der Waals surface area contributed by atoms with Gasteiger partial charge in [0.05, 0.1) is 6.42 Å². The van der Waals surface area contributed by atoms with Gasteiger partial charge in [-0.3, -0.25) is 9.59 Å². The van der Waals surface area contributed by atoms with Crippen molar-refractivity contribution >= 4 is 49.4 Å². The molecule has 1 N–H and O–H groups in total. The van der Waals surface area contributed by atoms with Crippen molar-refractivity contribution in [3.05, 3.63) is 27.1 Å². The highest BCUT2D eigenvalue weighted by molar-refractivity contribution is 9.11. The van der Waals surface area contributed by atoms with Crippen LogP contribution < -0.4 is 5.32 Å². The molecular formula is C20H27Br2NO3. The highest BCUT2D eigenvalue weighted by Gasteiger charge is 2.31. The van der Waals surface area contributed by atoms with Gasteiger partial charge in [-0.1, -0.05) is 52.6 Å². The van der Waals surface area contributed by atoms with Crippen LogP contribution in [0, 0.1) is 11.3 Å². The zero-order valence-electron chi connectivity index (χ0n) is 15.6. The topological polar surface area (TPSA) is 55.4 Å². The van der Waals surface area contributed by atoms with E-state index in [0.29, 0.717) is 17.0 Å². The molecule has 0 heterocycles. The third-order valence-corrected chi connectivity index (χ3v) is 5.82. The van der Waals surface area contributed by atoms with Crippen LogP contribution in [0.2, 0.25) is 0 Å². The van der Waals surface area contributed by atoms with Crippen LogP contribution in [0.15, 0.2) is 27.1 Å². The van der Waals surface area contributed by atoms with Crippen molar-refractivity contribution in [2.24, 2.45) is 11.3 Å². The van der Waals surface area contributed by atoms with Gasteiger partial charge in [0.1, 0.15) is 6.10 Å². The predicted octanol–water partition coefficient (Wildman–Crippen LogP) is 6.08. The van der Waals surface area contributed by atoms with Crippen LogP contribution in [0.1, 0.15) is 59.3 Å². The molecule has 1 saturated carbocycles. The van der Waals surface area contributed by atoms with E-state index in [0.717, 1.165) is 34.6 Å². The van der Waals surface area contributed by atoms with Crippen molar-refractivity contribution < 1.29 is 14.3 Å². The largest absolute Gasteiger partial charge is 0.462 e. The Morgan fingerprint density at radius 3 is 2.15 bits per heavy atom. The number of rotatable bonds is 5. The van der Waals surface area contributed by atoms with Crippen molar-refractivity contribution in [1.29, 1.82) is 0 Å². The van der Waals surface area contributed by atoms with Gasteiger partial charge in [-0.2, -0.15) is 0 Å². The Labute approximate surface area is 172 Å². The molecule has 1 aliphatic carbocycles. The van der Waals surface area contributed by atoms with Gasteiger partial charge in [0.15, 0.2) is 0 Å². The van der Waals surface area contributed by atoms with E-state index < -0.39 is 0 Å².